The second kappa shape index (κ2) is 10.8. The minimum absolute atomic E-state index is 0.000707. The Balaban J connectivity index is 1.35. The summed E-state index contributed by atoms with van der Waals surface area (Å²) in [6, 6.07) is 9.78. The third-order valence-electron chi connectivity index (χ3n) is 6.63. The van der Waals surface area contributed by atoms with E-state index in [4.69, 9.17) is 9.97 Å². The number of nitrogens with one attached hydrogen (secondary N) is 3. The zero-order valence-corrected chi connectivity index (χ0v) is 21.8. The number of aromatic nitrogens is 5. The molecule has 2 fully saturated rings. The number of rotatable bonds is 8. The molecule has 3 heterocycles. The van der Waals surface area contributed by atoms with E-state index in [1.54, 1.807) is 0 Å². The van der Waals surface area contributed by atoms with Gasteiger partial charge in [0.25, 0.3) is 0 Å². The molecule has 2 aliphatic rings. The molecule has 5 rings (SSSR count). The van der Waals surface area contributed by atoms with Gasteiger partial charge in [0, 0.05) is 60.4 Å². The quantitative estimate of drug-likeness (QED) is 0.414. The lowest BCUT2D eigenvalue weighted by Crippen LogP contribution is -2.45. The number of nitrogens with zero attached hydrogens (tertiary/aromatic N) is 6. The van der Waals surface area contributed by atoms with E-state index < -0.39 is 0 Å². The predicted molar refractivity (Wildman–Crippen MR) is 142 cm³/mol. The van der Waals surface area contributed by atoms with Crippen molar-refractivity contribution in [3.63, 3.8) is 0 Å². The number of likely N-dealkylation sites (N-methyl/N-ethyl adjacent to an activating group) is 1. The average Bonchev–Trinajstić information content (AvgIpc) is 3.27. The summed E-state index contributed by atoms with van der Waals surface area (Å²) in [6.45, 7) is 7.41. The lowest BCUT2D eigenvalue weighted by Gasteiger charge is -2.32. The van der Waals surface area contributed by atoms with Crippen LogP contribution in [0.1, 0.15) is 44.7 Å². The maximum absolute atomic E-state index is 12.0. The Bertz CT molecular complexity index is 1180. The van der Waals surface area contributed by atoms with E-state index in [0.717, 1.165) is 42.5 Å². The first-order valence-electron chi connectivity index (χ1n) is 12.5. The first-order valence-corrected chi connectivity index (χ1v) is 13.4. The topological polar surface area (TPSA) is 115 Å². The van der Waals surface area contributed by atoms with E-state index in [0.29, 0.717) is 28.8 Å². The van der Waals surface area contributed by atoms with E-state index in [9.17, 15) is 4.79 Å². The summed E-state index contributed by atoms with van der Waals surface area (Å²) < 4.78 is 0. The van der Waals surface area contributed by atoms with Crippen LogP contribution in [-0.2, 0) is 4.79 Å². The largest absolute Gasteiger partial charge is 0.338 e. The Labute approximate surface area is 215 Å². The Morgan fingerprint density at radius 3 is 2.50 bits per heavy atom. The molecule has 11 heteroatoms. The molecule has 3 aromatic rings. The number of hydrogen-bond donors (Lipinski definition) is 3. The van der Waals surface area contributed by atoms with Crippen molar-refractivity contribution in [2.45, 2.75) is 49.1 Å². The molecule has 190 valence electrons. The minimum atomic E-state index is -0.0671. The number of benzene rings is 1. The molecule has 0 unspecified atom stereocenters. The van der Waals surface area contributed by atoms with Crippen molar-refractivity contribution in [1.29, 1.82) is 0 Å². The summed E-state index contributed by atoms with van der Waals surface area (Å²) in [6.07, 6.45) is 3.70. The fourth-order valence-electron chi connectivity index (χ4n) is 4.04. The molecular formula is C25H33N9OS. The highest BCUT2D eigenvalue weighted by Crippen LogP contribution is 2.36. The van der Waals surface area contributed by atoms with Crippen LogP contribution in [0.25, 0.3) is 0 Å². The third-order valence-corrected chi connectivity index (χ3v) is 7.50. The second-order valence-electron chi connectivity index (χ2n) is 9.76. The minimum Gasteiger partial charge on any atom is -0.338 e. The van der Waals surface area contributed by atoms with Crippen LogP contribution in [0.3, 0.4) is 0 Å². The number of aromatic amines is 1. The van der Waals surface area contributed by atoms with Crippen molar-refractivity contribution in [1.82, 2.24) is 30.0 Å². The highest BCUT2D eigenvalue weighted by molar-refractivity contribution is 7.99. The molecule has 1 amide bonds. The first kappa shape index (κ1) is 24.5. The normalized spacial score (nSPS) is 16.7. The molecule has 10 nitrogen and oxygen atoms in total. The molecule has 0 spiro atoms. The Morgan fingerprint density at radius 2 is 1.83 bits per heavy atom. The number of anilines is 4. The Kier molecular flexibility index (Phi) is 7.38. The zero-order chi connectivity index (χ0) is 25.1. The van der Waals surface area contributed by atoms with Crippen molar-refractivity contribution >= 4 is 41.1 Å². The predicted octanol–water partition coefficient (Wildman–Crippen LogP) is 4.10. The van der Waals surface area contributed by atoms with Crippen LogP contribution in [0.15, 0.2) is 40.4 Å². The summed E-state index contributed by atoms with van der Waals surface area (Å²) >= 11 is 1.47. The smallest absolute Gasteiger partial charge is 0.234 e. The molecule has 1 aromatic carbocycles. The van der Waals surface area contributed by atoms with Gasteiger partial charge >= 0.3 is 0 Å². The SMILES string of the molecule is CC(C)C(=O)Nc1ccc(Sc2nc(Nc3cc(C4CCC4)[nH]n3)nc(N3CCN(C)CC3)n2)cc1. The molecule has 1 saturated carbocycles. The van der Waals surface area contributed by atoms with Crippen molar-refractivity contribution in [3.05, 3.63) is 36.0 Å². The number of amides is 1. The summed E-state index contributed by atoms with van der Waals surface area (Å²) in [5.74, 6) is 2.37. The number of H-pyrrole nitrogens is 1. The Morgan fingerprint density at radius 1 is 1.08 bits per heavy atom. The van der Waals surface area contributed by atoms with Crippen molar-refractivity contribution in [3.8, 4) is 0 Å². The summed E-state index contributed by atoms with van der Waals surface area (Å²) in [5, 5.41) is 14.4. The fourth-order valence-corrected chi connectivity index (χ4v) is 4.78. The van der Waals surface area contributed by atoms with Gasteiger partial charge in [0.05, 0.1) is 0 Å². The molecule has 0 atom stereocenters. The van der Waals surface area contributed by atoms with E-state index in [1.807, 2.05) is 38.1 Å². The zero-order valence-electron chi connectivity index (χ0n) is 21.0. The molecule has 2 aromatic heterocycles. The van der Waals surface area contributed by atoms with E-state index in [2.05, 4.69) is 48.7 Å². The van der Waals surface area contributed by atoms with Gasteiger partial charge < -0.3 is 20.4 Å². The van der Waals surface area contributed by atoms with Crippen LogP contribution in [0, 0.1) is 5.92 Å². The highest BCUT2D eigenvalue weighted by atomic mass is 32.2. The molecule has 1 aliphatic heterocycles. The maximum Gasteiger partial charge on any atom is 0.234 e. The van der Waals surface area contributed by atoms with Crippen molar-refractivity contribution < 1.29 is 4.79 Å². The Hall–Kier alpha value is -3.18. The number of carbonyl (C=O) groups excluding carboxylic acids is 1. The standard InChI is InChI=1S/C25H33N9OS/c1-16(2)22(35)26-18-7-9-19(10-8-18)36-25-29-23(27-21-15-20(31-32-21)17-5-4-6-17)28-24(30-25)34-13-11-33(3)12-14-34/h7-10,15-17H,4-6,11-14H2,1-3H3,(H,26,35)(H2,27,28,29,30,31,32). The van der Waals surface area contributed by atoms with Crippen molar-refractivity contribution in [2.24, 2.45) is 5.92 Å². The molecule has 1 saturated heterocycles. The van der Waals surface area contributed by atoms with Crippen LogP contribution >= 0.6 is 11.8 Å². The second-order valence-corrected chi connectivity index (χ2v) is 10.8. The molecule has 0 bridgehead atoms. The highest BCUT2D eigenvalue weighted by Gasteiger charge is 2.23. The third kappa shape index (κ3) is 5.96. The molecule has 3 N–H and O–H groups in total. The monoisotopic (exact) mass is 507 g/mol. The molecule has 36 heavy (non-hydrogen) atoms. The average molecular weight is 508 g/mol. The van der Waals surface area contributed by atoms with Gasteiger partial charge in [-0.2, -0.15) is 20.1 Å². The number of piperazine rings is 1. The van der Waals surface area contributed by atoms with Gasteiger partial charge in [-0.1, -0.05) is 20.3 Å². The van der Waals surface area contributed by atoms with Crippen LogP contribution in [0.4, 0.5) is 23.4 Å². The van der Waals surface area contributed by atoms with Crippen LogP contribution in [0.5, 0.6) is 0 Å². The summed E-state index contributed by atoms with van der Waals surface area (Å²) in [4.78, 5) is 31.7. The van der Waals surface area contributed by atoms with E-state index in [1.165, 1.54) is 31.0 Å². The van der Waals surface area contributed by atoms with Gasteiger partial charge in [-0.25, -0.2) is 0 Å². The lowest BCUT2D eigenvalue weighted by atomic mass is 9.83. The van der Waals surface area contributed by atoms with Crippen LogP contribution in [0.2, 0.25) is 0 Å². The fraction of sp³-hybridized carbons (Fsp3) is 0.480. The van der Waals surface area contributed by atoms with Crippen LogP contribution in [-0.4, -0.2) is 69.2 Å². The van der Waals surface area contributed by atoms with Gasteiger partial charge in [0.2, 0.25) is 17.8 Å². The van der Waals surface area contributed by atoms with Gasteiger partial charge in [0.15, 0.2) is 11.0 Å². The molecular weight excluding hydrogens is 474 g/mol. The summed E-state index contributed by atoms with van der Waals surface area (Å²) in [7, 11) is 2.13. The van der Waals surface area contributed by atoms with E-state index in [-0.39, 0.29) is 11.8 Å². The van der Waals surface area contributed by atoms with Crippen molar-refractivity contribution in [2.75, 3.05) is 48.8 Å². The molecule has 1 aliphatic carbocycles. The van der Waals surface area contributed by atoms with Gasteiger partial charge in [-0.05, 0) is 55.9 Å². The van der Waals surface area contributed by atoms with Crippen LogP contribution < -0.4 is 15.5 Å². The van der Waals surface area contributed by atoms with Gasteiger partial charge in [0.1, 0.15) is 0 Å². The number of carbonyl (C=O) groups is 1. The summed E-state index contributed by atoms with van der Waals surface area (Å²) in [5.41, 5.74) is 1.94. The number of hydrogen-bond acceptors (Lipinski definition) is 9. The maximum atomic E-state index is 12.0. The van der Waals surface area contributed by atoms with E-state index >= 15 is 0 Å². The first-order chi connectivity index (χ1) is 17.4. The van der Waals surface area contributed by atoms with Gasteiger partial charge in [-0.15, -0.1) is 0 Å². The lowest BCUT2D eigenvalue weighted by molar-refractivity contribution is -0.118. The molecule has 0 radical (unpaired) electrons. The van der Waals surface area contributed by atoms with Gasteiger partial charge in [-0.3, -0.25) is 9.89 Å².